The van der Waals surface area contributed by atoms with Crippen molar-refractivity contribution in [1.29, 1.82) is 0 Å². The van der Waals surface area contributed by atoms with Crippen molar-refractivity contribution in [2.24, 2.45) is 0 Å². The van der Waals surface area contributed by atoms with E-state index in [0.717, 1.165) is 6.42 Å². The van der Waals surface area contributed by atoms with Crippen LogP contribution in [0.4, 0.5) is 14.5 Å². The summed E-state index contributed by atoms with van der Waals surface area (Å²) in [6.45, 7) is 1.75. The predicted octanol–water partition coefficient (Wildman–Crippen LogP) is 2.64. The number of nitrogens with two attached hydrogens (primary N) is 1. The van der Waals surface area contributed by atoms with Crippen LogP contribution in [0.2, 0.25) is 0 Å². The summed E-state index contributed by atoms with van der Waals surface area (Å²) in [7, 11) is 1.62. The number of hydrogen-bond donors (Lipinski definition) is 1. The third-order valence-corrected chi connectivity index (χ3v) is 2.39. The van der Waals surface area contributed by atoms with Crippen molar-refractivity contribution in [3.63, 3.8) is 0 Å². The first kappa shape index (κ1) is 15.7. The van der Waals surface area contributed by atoms with E-state index in [4.69, 9.17) is 19.9 Å². The fourth-order valence-corrected chi connectivity index (χ4v) is 1.49. The zero-order valence-electron chi connectivity index (χ0n) is 10.9. The molecule has 0 unspecified atom stereocenters. The van der Waals surface area contributed by atoms with Crippen molar-refractivity contribution in [3.8, 4) is 5.75 Å². The van der Waals surface area contributed by atoms with Crippen LogP contribution in [0.25, 0.3) is 0 Å². The van der Waals surface area contributed by atoms with Crippen LogP contribution in [0.15, 0.2) is 18.2 Å². The van der Waals surface area contributed by atoms with Crippen molar-refractivity contribution in [2.45, 2.75) is 12.8 Å². The molecule has 0 spiro atoms. The van der Waals surface area contributed by atoms with Gasteiger partial charge in [-0.1, -0.05) is 0 Å². The third kappa shape index (κ3) is 5.85. The van der Waals surface area contributed by atoms with Gasteiger partial charge in [-0.05, 0) is 24.6 Å². The summed E-state index contributed by atoms with van der Waals surface area (Å²) in [4.78, 5) is 0. The molecule has 6 heteroatoms. The molecule has 0 radical (unpaired) electrons. The molecule has 19 heavy (non-hydrogen) atoms. The molecule has 0 fully saturated rings. The molecule has 0 amide bonds. The van der Waals surface area contributed by atoms with Crippen LogP contribution in [0, 0.1) is 0 Å². The van der Waals surface area contributed by atoms with Crippen molar-refractivity contribution >= 4 is 5.69 Å². The molecule has 0 saturated heterocycles. The second-order valence-electron chi connectivity index (χ2n) is 3.91. The van der Waals surface area contributed by atoms with Crippen LogP contribution in [-0.2, 0) is 9.47 Å². The Morgan fingerprint density at radius 2 is 1.95 bits per heavy atom. The minimum absolute atomic E-state index is 0.143. The average molecular weight is 275 g/mol. The number of halogens is 2. The van der Waals surface area contributed by atoms with Gasteiger partial charge >= 0.3 is 0 Å². The molecule has 0 heterocycles. The molecule has 0 aliphatic carbocycles. The summed E-state index contributed by atoms with van der Waals surface area (Å²) < 4.78 is 40.9. The van der Waals surface area contributed by atoms with Crippen LogP contribution in [0.3, 0.4) is 0 Å². The highest BCUT2D eigenvalue weighted by atomic mass is 19.3. The maximum absolute atomic E-state index is 12.7. The highest BCUT2D eigenvalue weighted by Gasteiger charge is 2.14. The number of methoxy groups -OCH3 is 1. The monoisotopic (exact) mass is 275 g/mol. The molecule has 2 N–H and O–H groups in total. The Balaban J connectivity index is 2.33. The van der Waals surface area contributed by atoms with Gasteiger partial charge in [-0.25, -0.2) is 8.78 Å². The molecule has 108 valence electrons. The summed E-state index contributed by atoms with van der Waals surface area (Å²) in [6.07, 6.45) is -1.82. The summed E-state index contributed by atoms with van der Waals surface area (Å²) in [5.41, 5.74) is 5.56. The van der Waals surface area contributed by atoms with Crippen LogP contribution in [-0.4, -0.2) is 33.5 Å². The van der Waals surface area contributed by atoms with E-state index >= 15 is 0 Å². The number of alkyl halides is 2. The molecular formula is C13H19F2NO3. The van der Waals surface area contributed by atoms with E-state index in [1.165, 1.54) is 18.2 Å². The first-order chi connectivity index (χ1) is 9.15. The van der Waals surface area contributed by atoms with E-state index in [2.05, 4.69) is 0 Å². The lowest BCUT2D eigenvalue weighted by Gasteiger charge is -2.12. The third-order valence-electron chi connectivity index (χ3n) is 2.39. The molecule has 0 aromatic heterocycles. The smallest absolute Gasteiger partial charge is 0.267 e. The molecule has 0 bridgehead atoms. The van der Waals surface area contributed by atoms with Gasteiger partial charge in [0.05, 0.1) is 12.2 Å². The lowest BCUT2D eigenvalue weighted by Crippen LogP contribution is -2.09. The largest absolute Gasteiger partial charge is 0.491 e. The molecule has 1 aromatic carbocycles. The standard InChI is InChI=1S/C13H19F2NO3/c1-17-5-2-6-18-7-8-19-12-4-3-10(16)9-11(12)13(14)15/h3-4,9,13H,2,5-8,16H2,1H3. The van der Waals surface area contributed by atoms with E-state index < -0.39 is 6.43 Å². The van der Waals surface area contributed by atoms with Gasteiger partial charge in [-0.15, -0.1) is 0 Å². The molecular weight excluding hydrogens is 256 g/mol. The Labute approximate surface area is 111 Å². The fraction of sp³-hybridized carbons (Fsp3) is 0.538. The summed E-state index contributed by atoms with van der Waals surface area (Å²) in [6, 6.07) is 4.20. The van der Waals surface area contributed by atoms with Crippen LogP contribution < -0.4 is 10.5 Å². The maximum Gasteiger partial charge on any atom is 0.267 e. The molecule has 4 nitrogen and oxygen atoms in total. The van der Waals surface area contributed by atoms with E-state index in [1.807, 2.05) is 0 Å². The molecule has 1 rings (SSSR count). The van der Waals surface area contributed by atoms with Gasteiger partial charge in [0.15, 0.2) is 0 Å². The van der Waals surface area contributed by atoms with Crippen molar-refractivity contribution < 1.29 is 23.0 Å². The first-order valence-corrected chi connectivity index (χ1v) is 6.02. The number of ether oxygens (including phenoxy) is 3. The predicted molar refractivity (Wildman–Crippen MR) is 68.6 cm³/mol. The van der Waals surface area contributed by atoms with Crippen LogP contribution >= 0.6 is 0 Å². The minimum Gasteiger partial charge on any atom is -0.491 e. The van der Waals surface area contributed by atoms with E-state index in [0.29, 0.717) is 25.5 Å². The second-order valence-corrected chi connectivity index (χ2v) is 3.91. The van der Waals surface area contributed by atoms with Crippen molar-refractivity contribution in [2.75, 3.05) is 39.3 Å². The normalized spacial score (nSPS) is 10.9. The zero-order chi connectivity index (χ0) is 14.1. The van der Waals surface area contributed by atoms with Gasteiger partial charge in [0, 0.05) is 26.0 Å². The Kier molecular flexibility index (Phi) is 7.14. The van der Waals surface area contributed by atoms with Gasteiger partial charge in [0.2, 0.25) is 0 Å². The minimum atomic E-state index is -2.61. The lowest BCUT2D eigenvalue weighted by molar-refractivity contribution is 0.0785. The average Bonchev–Trinajstić information content (AvgIpc) is 2.39. The molecule has 1 aromatic rings. The number of nitrogen functional groups attached to an aromatic ring is 1. The van der Waals surface area contributed by atoms with Gasteiger partial charge in [0.1, 0.15) is 12.4 Å². The summed E-state index contributed by atoms with van der Waals surface area (Å²) in [5.74, 6) is 0.143. The highest BCUT2D eigenvalue weighted by Crippen LogP contribution is 2.30. The first-order valence-electron chi connectivity index (χ1n) is 6.02. The fourth-order valence-electron chi connectivity index (χ4n) is 1.49. The number of hydrogen-bond acceptors (Lipinski definition) is 4. The van der Waals surface area contributed by atoms with Crippen LogP contribution in [0.1, 0.15) is 18.4 Å². The van der Waals surface area contributed by atoms with E-state index in [9.17, 15) is 8.78 Å². The SMILES string of the molecule is COCCCOCCOc1ccc(N)cc1C(F)F. The molecule has 0 saturated carbocycles. The molecule has 0 aliphatic rings. The number of anilines is 1. The van der Waals surface area contributed by atoms with Crippen molar-refractivity contribution in [1.82, 2.24) is 0 Å². The van der Waals surface area contributed by atoms with Gasteiger partial charge in [-0.2, -0.15) is 0 Å². The van der Waals surface area contributed by atoms with Crippen molar-refractivity contribution in [3.05, 3.63) is 23.8 Å². The maximum atomic E-state index is 12.7. The lowest BCUT2D eigenvalue weighted by atomic mass is 10.2. The van der Waals surface area contributed by atoms with Crippen LogP contribution in [0.5, 0.6) is 5.75 Å². The Bertz CT molecular complexity index is 375. The van der Waals surface area contributed by atoms with Gasteiger partial charge < -0.3 is 19.9 Å². The Morgan fingerprint density at radius 3 is 2.63 bits per heavy atom. The summed E-state index contributed by atoms with van der Waals surface area (Å²) in [5, 5.41) is 0. The van der Waals surface area contributed by atoms with Gasteiger partial charge in [0.25, 0.3) is 6.43 Å². The topological polar surface area (TPSA) is 53.7 Å². The summed E-state index contributed by atoms with van der Waals surface area (Å²) >= 11 is 0. The number of benzene rings is 1. The molecule has 0 atom stereocenters. The quantitative estimate of drug-likeness (QED) is 0.556. The number of rotatable bonds is 9. The van der Waals surface area contributed by atoms with E-state index in [-0.39, 0.29) is 17.9 Å². The second kappa shape index (κ2) is 8.66. The zero-order valence-corrected chi connectivity index (χ0v) is 10.9. The molecule has 0 aliphatic heterocycles. The Morgan fingerprint density at radius 1 is 1.16 bits per heavy atom. The van der Waals surface area contributed by atoms with Gasteiger partial charge in [-0.3, -0.25) is 0 Å². The Hall–Kier alpha value is -1.40. The van der Waals surface area contributed by atoms with E-state index in [1.54, 1.807) is 7.11 Å². The highest BCUT2D eigenvalue weighted by molar-refractivity contribution is 5.48.